The Hall–Kier alpha value is -4.29. The van der Waals surface area contributed by atoms with Gasteiger partial charge in [0.1, 0.15) is 12.0 Å². The minimum Gasteiger partial charge on any atom is -0.475 e. The van der Waals surface area contributed by atoms with E-state index in [1.807, 2.05) is 32.9 Å². The number of halogens is 3. The number of carboxylic acid groups (broad SMARTS) is 1. The number of aromatic nitrogens is 4. The number of benzene rings is 1. The first kappa shape index (κ1) is 28.3. The van der Waals surface area contributed by atoms with Gasteiger partial charge in [0, 0.05) is 36.6 Å². The predicted molar refractivity (Wildman–Crippen MR) is 131 cm³/mol. The molecular weight excluding hydrogens is 505 g/mol. The molecule has 3 heterocycles. The Balaban J connectivity index is 0.000000505. The van der Waals surface area contributed by atoms with Crippen LogP contribution < -0.4 is 10.2 Å². The Bertz CT molecular complexity index is 1290. The average Bonchev–Trinajstić information content (AvgIpc) is 3.52. The van der Waals surface area contributed by atoms with Crippen LogP contribution in [0.15, 0.2) is 48.9 Å². The minimum atomic E-state index is -5.08. The van der Waals surface area contributed by atoms with Gasteiger partial charge in [-0.25, -0.2) is 9.78 Å². The van der Waals surface area contributed by atoms with Gasteiger partial charge in [0.05, 0.1) is 5.92 Å². The molecule has 1 aromatic carbocycles. The van der Waals surface area contributed by atoms with E-state index in [0.29, 0.717) is 30.2 Å². The molecule has 10 nitrogen and oxygen atoms in total. The number of hydrogen-bond acceptors (Lipinski definition) is 6. The number of carboxylic acids is 1. The fourth-order valence-electron chi connectivity index (χ4n) is 3.68. The number of fused-ring (bicyclic) bond motifs is 1. The third-order valence-corrected chi connectivity index (χ3v) is 5.60. The first-order valence-corrected chi connectivity index (χ1v) is 11.8. The van der Waals surface area contributed by atoms with Crippen molar-refractivity contribution >= 4 is 23.5 Å². The van der Waals surface area contributed by atoms with Crippen molar-refractivity contribution in [2.75, 3.05) is 18.0 Å². The number of rotatable bonds is 6. The van der Waals surface area contributed by atoms with E-state index in [4.69, 9.17) is 9.90 Å². The van der Waals surface area contributed by atoms with Gasteiger partial charge in [-0.15, -0.1) is 0 Å². The van der Waals surface area contributed by atoms with Crippen LogP contribution in [0.25, 0.3) is 0 Å². The van der Waals surface area contributed by atoms with Gasteiger partial charge in [-0.3, -0.25) is 19.3 Å². The highest BCUT2D eigenvalue weighted by atomic mass is 19.4. The normalized spacial score (nSPS) is 14.5. The van der Waals surface area contributed by atoms with E-state index in [1.54, 1.807) is 46.4 Å². The highest BCUT2D eigenvalue weighted by Crippen LogP contribution is 2.40. The van der Waals surface area contributed by atoms with E-state index in [9.17, 15) is 22.8 Å². The van der Waals surface area contributed by atoms with Crippen LogP contribution in [0.2, 0.25) is 0 Å². The van der Waals surface area contributed by atoms with Crippen molar-refractivity contribution in [3.63, 3.8) is 0 Å². The smallest absolute Gasteiger partial charge is 0.475 e. The Morgan fingerprint density at radius 3 is 2.42 bits per heavy atom. The highest BCUT2D eigenvalue weighted by Gasteiger charge is 2.38. The third-order valence-electron chi connectivity index (χ3n) is 5.60. The molecule has 0 fully saturated rings. The van der Waals surface area contributed by atoms with Crippen LogP contribution in [0.1, 0.15) is 71.4 Å². The maximum absolute atomic E-state index is 13.2. The molecule has 38 heavy (non-hydrogen) atoms. The van der Waals surface area contributed by atoms with Gasteiger partial charge in [-0.1, -0.05) is 13.0 Å². The van der Waals surface area contributed by atoms with Crippen LogP contribution in [0.4, 0.5) is 18.9 Å². The van der Waals surface area contributed by atoms with Crippen molar-refractivity contribution in [1.82, 2.24) is 25.1 Å². The molecule has 0 bridgehead atoms. The molecule has 2 N–H and O–H groups in total. The van der Waals surface area contributed by atoms with Gasteiger partial charge >= 0.3 is 12.1 Å². The molecule has 0 saturated heterocycles. The number of hydrogen-bond donors (Lipinski definition) is 2. The standard InChI is InChI=1S/C23H26N6O2.C2HF3O2/c1-4-10-25-22(30)16-8-9-20-17(12-16)18(21-26-14-29(27-21)15(2)3)13-28(20)23(31)19-7-5-6-11-24-19;3-2(4,5)1(6)7/h5-9,11-12,14-15,18H,4,10,13H2,1-3H3,(H,25,30);(H,6,7). The molecule has 0 radical (unpaired) electrons. The summed E-state index contributed by atoms with van der Waals surface area (Å²) in [6.45, 7) is 7.09. The SMILES string of the molecule is CCCNC(=O)c1ccc2c(c1)C(c1ncn(C(C)C)n1)CN2C(=O)c1ccccn1.O=C(O)C(F)(F)F. The molecule has 1 aliphatic heterocycles. The lowest BCUT2D eigenvalue weighted by atomic mass is 9.98. The monoisotopic (exact) mass is 532 g/mol. The van der Waals surface area contributed by atoms with Crippen molar-refractivity contribution in [1.29, 1.82) is 0 Å². The van der Waals surface area contributed by atoms with Gasteiger partial charge < -0.3 is 15.3 Å². The maximum Gasteiger partial charge on any atom is 0.490 e. The van der Waals surface area contributed by atoms with Gasteiger partial charge in [0.25, 0.3) is 11.8 Å². The Labute approximate surface area is 216 Å². The zero-order chi connectivity index (χ0) is 28.0. The van der Waals surface area contributed by atoms with Crippen LogP contribution >= 0.6 is 0 Å². The quantitative estimate of drug-likeness (QED) is 0.494. The van der Waals surface area contributed by atoms with Gasteiger partial charge in [0.15, 0.2) is 5.82 Å². The summed E-state index contributed by atoms with van der Waals surface area (Å²) in [5.41, 5.74) is 2.57. The van der Waals surface area contributed by atoms with Crippen LogP contribution in [0.3, 0.4) is 0 Å². The largest absolute Gasteiger partial charge is 0.490 e. The fraction of sp³-hybridized carbons (Fsp3) is 0.360. The number of nitrogens with zero attached hydrogens (tertiary/aromatic N) is 5. The lowest BCUT2D eigenvalue weighted by Gasteiger charge is -2.17. The molecule has 0 saturated carbocycles. The lowest BCUT2D eigenvalue weighted by molar-refractivity contribution is -0.192. The number of alkyl halides is 3. The number of pyridine rings is 1. The molecule has 3 aromatic rings. The summed E-state index contributed by atoms with van der Waals surface area (Å²) < 4.78 is 33.5. The van der Waals surface area contributed by atoms with E-state index in [1.165, 1.54) is 0 Å². The number of anilines is 1. The van der Waals surface area contributed by atoms with E-state index in [-0.39, 0.29) is 23.8 Å². The second-order valence-electron chi connectivity index (χ2n) is 8.69. The molecule has 1 atom stereocenters. The first-order chi connectivity index (χ1) is 17.9. The Kier molecular flexibility index (Phi) is 8.81. The summed E-state index contributed by atoms with van der Waals surface area (Å²) in [5.74, 6) is -2.65. The third kappa shape index (κ3) is 6.52. The van der Waals surface area contributed by atoms with Crippen LogP contribution in [-0.4, -0.2) is 61.9 Å². The van der Waals surface area contributed by atoms with E-state index >= 15 is 0 Å². The van der Waals surface area contributed by atoms with Gasteiger partial charge in [0.2, 0.25) is 0 Å². The van der Waals surface area contributed by atoms with Crippen molar-refractivity contribution in [3.8, 4) is 0 Å². The van der Waals surface area contributed by atoms with Crippen LogP contribution in [0.5, 0.6) is 0 Å². The number of carbonyl (C=O) groups excluding carboxylic acids is 2. The summed E-state index contributed by atoms with van der Waals surface area (Å²) >= 11 is 0. The second-order valence-corrected chi connectivity index (χ2v) is 8.69. The van der Waals surface area contributed by atoms with Crippen molar-refractivity contribution in [2.45, 2.75) is 45.3 Å². The first-order valence-electron chi connectivity index (χ1n) is 11.8. The summed E-state index contributed by atoms with van der Waals surface area (Å²) in [7, 11) is 0. The Morgan fingerprint density at radius 2 is 1.87 bits per heavy atom. The van der Waals surface area contributed by atoms with Crippen LogP contribution in [0, 0.1) is 0 Å². The van der Waals surface area contributed by atoms with E-state index < -0.39 is 12.1 Å². The molecule has 13 heteroatoms. The van der Waals surface area contributed by atoms with Crippen molar-refractivity contribution < 1.29 is 32.7 Å². The second kappa shape index (κ2) is 11.8. The summed E-state index contributed by atoms with van der Waals surface area (Å²) in [4.78, 5) is 45.1. The zero-order valence-corrected chi connectivity index (χ0v) is 20.9. The summed E-state index contributed by atoms with van der Waals surface area (Å²) in [6, 6.07) is 10.9. The molecule has 202 valence electrons. The molecule has 0 spiro atoms. The van der Waals surface area contributed by atoms with Crippen molar-refractivity contribution in [3.05, 3.63) is 71.6 Å². The molecule has 2 amide bonds. The van der Waals surface area contributed by atoms with Gasteiger partial charge in [-0.2, -0.15) is 18.3 Å². The van der Waals surface area contributed by atoms with Gasteiger partial charge in [-0.05, 0) is 56.2 Å². The van der Waals surface area contributed by atoms with Crippen molar-refractivity contribution in [2.24, 2.45) is 0 Å². The molecular formula is C25H27F3N6O4. The number of nitrogens with one attached hydrogen (secondary N) is 1. The molecule has 0 aliphatic carbocycles. The molecule has 1 unspecified atom stereocenters. The molecule has 2 aromatic heterocycles. The number of aliphatic carboxylic acids is 1. The van der Waals surface area contributed by atoms with E-state index in [0.717, 1.165) is 17.7 Å². The topological polar surface area (TPSA) is 130 Å². The summed E-state index contributed by atoms with van der Waals surface area (Å²) in [5, 5.41) is 14.7. The molecule has 1 aliphatic rings. The lowest BCUT2D eigenvalue weighted by Crippen LogP contribution is -2.30. The Morgan fingerprint density at radius 1 is 1.16 bits per heavy atom. The average molecular weight is 533 g/mol. The maximum atomic E-state index is 13.2. The minimum absolute atomic E-state index is 0.126. The van der Waals surface area contributed by atoms with Crippen LogP contribution in [-0.2, 0) is 4.79 Å². The summed E-state index contributed by atoms with van der Waals surface area (Å²) in [6.07, 6.45) is -0.905. The zero-order valence-electron chi connectivity index (χ0n) is 20.9. The molecule has 4 rings (SSSR count). The van der Waals surface area contributed by atoms with E-state index in [2.05, 4.69) is 20.4 Å². The number of amides is 2. The highest BCUT2D eigenvalue weighted by molar-refractivity contribution is 6.07. The number of carbonyl (C=O) groups is 3. The fourth-order valence-corrected chi connectivity index (χ4v) is 3.68. The predicted octanol–water partition coefficient (Wildman–Crippen LogP) is 3.82.